The third-order valence-electron chi connectivity index (χ3n) is 6.69. The third-order valence-corrected chi connectivity index (χ3v) is 6.69. The fourth-order valence-electron chi connectivity index (χ4n) is 4.97. The molecule has 3 nitrogen and oxygen atoms in total. The van der Waals surface area contributed by atoms with Crippen LogP contribution < -0.4 is 0 Å². The van der Waals surface area contributed by atoms with Crippen LogP contribution in [0.4, 0.5) is 0 Å². The number of aliphatic hydroxyl groups excluding tert-OH is 1. The standard InChI is InChI=1S/C25H34N2O/c1-20-6-2-3-10-25(20)23-8-4-7-22(16-23)17-26-13-5-9-24(18-26)27-14-11-21(19-28)12-15-27/h2-4,6-8,10,16,21,24,28H,5,9,11-15,17-19H2,1H3/t24-/m1/s1. The van der Waals surface area contributed by atoms with E-state index in [4.69, 9.17) is 0 Å². The fraction of sp³-hybridized carbons (Fsp3) is 0.520. The van der Waals surface area contributed by atoms with E-state index in [1.165, 1.54) is 48.2 Å². The van der Waals surface area contributed by atoms with Crippen LogP contribution in [0.1, 0.15) is 36.8 Å². The van der Waals surface area contributed by atoms with Gasteiger partial charge in [0.15, 0.2) is 0 Å². The topological polar surface area (TPSA) is 26.7 Å². The highest BCUT2D eigenvalue weighted by atomic mass is 16.3. The monoisotopic (exact) mass is 378 g/mol. The largest absolute Gasteiger partial charge is 0.396 e. The van der Waals surface area contributed by atoms with Crippen LogP contribution >= 0.6 is 0 Å². The van der Waals surface area contributed by atoms with Crippen molar-refractivity contribution in [3.05, 3.63) is 59.7 Å². The molecule has 2 aromatic rings. The highest BCUT2D eigenvalue weighted by Gasteiger charge is 2.28. The first kappa shape index (κ1) is 19.6. The molecule has 0 bridgehead atoms. The molecule has 3 heteroatoms. The maximum Gasteiger partial charge on any atom is 0.0460 e. The van der Waals surface area contributed by atoms with Gasteiger partial charge in [0.05, 0.1) is 0 Å². The van der Waals surface area contributed by atoms with Gasteiger partial charge < -0.3 is 5.11 Å². The summed E-state index contributed by atoms with van der Waals surface area (Å²) in [6.07, 6.45) is 4.93. The van der Waals surface area contributed by atoms with Crippen LogP contribution in [-0.4, -0.2) is 53.7 Å². The van der Waals surface area contributed by atoms with Crippen molar-refractivity contribution in [3.63, 3.8) is 0 Å². The maximum absolute atomic E-state index is 9.39. The molecule has 0 aliphatic carbocycles. The molecule has 0 aromatic heterocycles. The molecular weight excluding hydrogens is 344 g/mol. The number of piperidine rings is 2. The lowest BCUT2D eigenvalue weighted by Crippen LogP contribution is -2.50. The first-order chi connectivity index (χ1) is 13.7. The van der Waals surface area contributed by atoms with Gasteiger partial charge >= 0.3 is 0 Å². The second-order valence-electron chi connectivity index (χ2n) is 8.71. The van der Waals surface area contributed by atoms with Crippen LogP contribution in [0.15, 0.2) is 48.5 Å². The van der Waals surface area contributed by atoms with Crippen molar-refractivity contribution in [1.82, 2.24) is 9.80 Å². The predicted molar refractivity (Wildman–Crippen MR) is 116 cm³/mol. The van der Waals surface area contributed by atoms with Crippen molar-refractivity contribution in [3.8, 4) is 11.1 Å². The fourth-order valence-corrected chi connectivity index (χ4v) is 4.97. The molecule has 0 amide bonds. The molecule has 2 aromatic carbocycles. The van der Waals surface area contributed by atoms with Crippen LogP contribution in [-0.2, 0) is 6.54 Å². The molecule has 2 heterocycles. The highest BCUT2D eigenvalue weighted by molar-refractivity contribution is 5.67. The van der Waals surface area contributed by atoms with Gasteiger partial charge in [0.1, 0.15) is 0 Å². The van der Waals surface area contributed by atoms with Gasteiger partial charge in [-0.2, -0.15) is 0 Å². The highest BCUT2D eigenvalue weighted by Crippen LogP contribution is 2.26. The molecule has 0 spiro atoms. The van der Waals surface area contributed by atoms with Crippen molar-refractivity contribution in [2.24, 2.45) is 5.92 Å². The summed E-state index contributed by atoms with van der Waals surface area (Å²) in [4.78, 5) is 5.32. The first-order valence-corrected chi connectivity index (χ1v) is 10.9. The van der Waals surface area contributed by atoms with Gasteiger partial charge in [-0.1, -0.05) is 42.5 Å². The van der Waals surface area contributed by atoms with E-state index in [9.17, 15) is 5.11 Å². The molecule has 0 saturated carbocycles. The quantitative estimate of drug-likeness (QED) is 0.839. The van der Waals surface area contributed by atoms with Crippen LogP contribution in [0.5, 0.6) is 0 Å². The molecule has 1 N–H and O–H groups in total. The van der Waals surface area contributed by atoms with Crippen molar-refractivity contribution in [1.29, 1.82) is 0 Å². The zero-order chi connectivity index (χ0) is 19.3. The van der Waals surface area contributed by atoms with E-state index in [1.54, 1.807) is 0 Å². The van der Waals surface area contributed by atoms with Gasteiger partial charge in [0, 0.05) is 25.7 Å². The molecule has 0 unspecified atom stereocenters. The normalized spacial score (nSPS) is 22.4. The van der Waals surface area contributed by atoms with E-state index < -0.39 is 0 Å². The van der Waals surface area contributed by atoms with E-state index in [0.717, 1.165) is 32.5 Å². The SMILES string of the molecule is Cc1ccccc1-c1cccc(CN2CCC[C@@H](N3CCC(CO)CC3)C2)c1. The summed E-state index contributed by atoms with van der Waals surface area (Å²) in [5, 5.41) is 9.39. The molecule has 2 aliphatic rings. The molecule has 150 valence electrons. The summed E-state index contributed by atoms with van der Waals surface area (Å²) in [5.74, 6) is 0.528. The van der Waals surface area contributed by atoms with Crippen molar-refractivity contribution in [2.75, 3.05) is 32.8 Å². The van der Waals surface area contributed by atoms with Crippen molar-refractivity contribution in [2.45, 2.75) is 45.2 Å². The van der Waals surface area contributed by atoms with E-state index in [1.807, 2.05) is 0 Å². The average molecular weight is 379 g/mol. The molecule has 2 saturated heterocycles. The smallest absolute Gasteiger partial charge is 0.0460 e. The van der Waals surface area contributed by atoms with Gasteiger partial charge in [0.25, 0.3) is 0 Å². The van der Waals surface area contributed by atoms with Gasteiger partial charge in [-0.3, -0.25) is 9.80 Å². The minimum absolute atomic E-state index is 0.363. The zero-order valence-corrected chi connectivity index (χ0v) is 17.2. The Bertz CT molecular complexity index is 767. The number of nitrogens with zero attached hydrogens (tertiary/aromatic N) is 2. The summed E-state index contributed by atoms with van der Waals surface area (Å²) < 4.78 is 0. The lowest BCUT2D eigenvalue weighted by atomic mass is 9.94. The zero-order valence-electron chi connectivity index (χ0n) is 17.2. The van der Waals surface area contributed by atoms with Crippen LogP contribution in [0.2, 0.25) is 0 Å². The number of rotatable bonds is 5. The summed E-state index contributed by atoms with van der Waals surface area (Å²) in [6, 6.07) is 18.4. The summed E-state index contributed by atoms with van der Waals surface area (Å²) in [7, 11) is 0. The molecule has 1 atom stereocenters. The van der Waals surface area contributed by atoms with Crippen LogP contribution in [0.25, 0.3) is 11.1 Å². The van der Waals surface area contributed by atoms with Gasteiger partial charge in [-0.25, -0.2) is 0 Å². The number of hydrogen-bond acceptors (Lipinski definition) is 3. The Labute approximate surface area is 170 Å². The Morgan fingerprint density at radius 3 is 2.57 bits per heavy atom. The minimum atomic E-state index is 0.363. The molecule has 2 fully saturated rings. The number of benzene rings is 2. The maximum atomic E-state index is 9.39. The Hall–Kier alpha value is -1.68. The molecular formula is C25H34N2O. The van der Waals surface area contributed by atoms with E-state index >= 15 is 0 Å². The van der Waals surface area contributed by atoms with E-state index in [-0.39, 0.29) is 0 Å². The Kier molecular flexibility index (Phi) is 6.46. The average Bonchev–Trinajstić information content (AvgIpc) is 2.74. The van der Waals surface area contributed by atoms with Crippen molar-refractivity contribution >= 4 is 0 Å². The summed E-state index contributed by atoms with van der Waals surface area (Å²) in [5.41, 5.74) is 5.42. The number of likely N-dealkylation sites (tertiary alicyclic amines) is 2. The second-order valence-corrected chi connectivity index (χ2v) is 8.71. The Morgan fingerprint density at radius 2 is 1.79 bits per heavy atom. The molecule has 4 rings (SSSR count). The lowest BCUT2D eigenvalue weighted by molar-refractivity contribution is 0.0544. The van der Waals surface area contributed by atoms with Gasteiger partial charge in [-0.15, -0.1) is 0 Å². The van der Waals surface area contributed by atoms with Gasteiger partial charge in [-0.05, 0) is 86.5 Å². The first-order valence-electron chi connectivity index (χ1n) is 10.9. The van der Waals surface area contributed by atoms with Crippen LogP contribution in [0.3, 0.4) is 0 Å². The molecule has 28 heavy (non-hydrogen) atoms. The summed E-state index contributed by atoms with van der Waals surface area (Å²) in [6.45, 7) is 8.30. The summed E-state index contributed by atoms with van der Waals surface area (Å²) >= 11 is 0. The van der Waals surface area contributed by atoms with E-state index in [0.29, 0.717) is 18.6 Å². The van der Waals surface area contributed by atoms with Crippen molar-refractivity contribution < 1.29 is 5.11 Å². The molecule has 2 aliphatic heterocycles. The minimum Gasteiger partial charge on any atom is -0.396 e. The molecule has 0 radical (unpaired) electrons. The Balaban J connectivity index is 1.39. The lowest BCUT2D eigenvalue weighted by Gasteiger charge is -2.42. The number of aryl methyl sites for hydroxylation is 1. The van der Waals surface area contributed by atoms with Crippen LogP contribution in [0, 0.1) is 12.8 Å². The Morgan fingerprint density at radius 1 is 0.964 bits per heavy atom. The van der Waals surface area contributed by atoms with Gasteiger partial charge in [0.2, 0.25) is 0 Å². The third kappa shape index (κ3) is 4.65. The predicted octanol–water partition coefficient (Wildman–Crippen LogP) is 4.33. The van der Waals surface area contributed by atoms with E-state index in [2.05, 4.69) is 65.3 Å². The number of hydrogen-bond donors (Lipinski definition) is 1. The second kappa shape index (κ2) is 9.21. The number of aliphatic hydroxyl groups is 1.